The number of hydrogen-bond donors (Lipinski definition) is 1. The van der Waals surface area contributed by atoms with Gasteiger partial charge in [0.15, 0.2) is 6.79 Å². The van der Waals surface area contributed by atoms with Gasteiger partial charge in [-0.05, 0) is 18.2 Å². The molecule has 2 rings (SSSR count). The molecule has 1 aromatic heterocycles. The summed E-state index contributed by atoms with van der Waals surface area (Å²) >= 11 is 5.93. The van der Waals surface area contributed by atoms with Crippen molar-refractivity contribution in [2.45, 2.75) is 0 Å². The summed E-state index contributed by atoms with van der Waals surface area (Å²) in [5.74, 6) is 0.342. The van der Waals surface area contributed by atoms with E-state index in [9.17, 15) is 8.42 Å². The Morgan fingerprint density at radius 3 is 2.68 bits per heavy atom. The van der Waals surface area contributed by atoms with Crippen molar-refractivity contribution in [1.29, 1.82) is 0 Å². The quantitative estimate of drug-likeness (QED) is 0.793. The lowest BCUT2D eigenvalue weighted by Crippen LogP contribution is -2.13. The van der Waals surface area contributed by atoms with Gasteiger partial charge in [0.05, 0.1) is 12.5 Å². The van der Waals surface area contributed by atoms with Gasteiger partial charge in [0.2, 0.25) is 10.0 Å². The van der Waals surface area contributed by atoms with E-state index in [1.807, 2.05) is 0 Å². The van der Waals surface area contributed by atoms with Gasteiger partial charge >= 0.3 is 0 Å². The molecule has 1 N–H and O–H groups in total. The molecule has 0 aliphatic heterocycles. The summed E-state index contributed by atoms with van der Waals surface area (Å²) in [5.41, 5.74) is 1.01. The highest BCUT2D eigenvalue weighted by Gasteiger charge is 2.11. The number of hydrogen-bond acceptors (Lipinski definition) is 7. The minimum absolute atomic E-state index is 0.0436. The molecule has 0 amide bonds. The van der Waals surface area contributed by atoms with Crippen molar-refractivity contribution in [1.82, 2.24) is 15.2 Å². The standard InChI is InChI=1S/C12H13ClN4O4S/c1-20-7-21-11-5-8(13)3-4-9(11)10-6-14-12(16-15-10)17-22(2,18)19/h3-6H,7H2,1-2H3,(H,14,16,17). The van der Waals surface area contributed by atoms with Crippen LogP contribution >= 0.6 is 11.6 Å². The van der Waals surface area contributed by atoms with E-state index in [1.54, 1.807) is 18.2 Å². The lowest BCUT2D eigenvalue weighted by Gasteiger charge is -2.10. The number of anilines is 1. The zero-order valence-electron chi connectivity index (χ0n) is 11.8. The predicted octanol–water partition coefficient (Wildman–Crippen LogP) is 1.55. The summed E-state index contributed by atoms with van der Waals surface area (Å²) < 4.78 is 34.6. The zero-order chi connectivity index (χ0) is 16.2. The van der Waals surface area contributed by atoms with Crippen molar-refractivity contribution >= 4 is 27.6 Å². The van der Waals surface area contributed by atoms with E-state index in [-0.39, 0.29) is 12.7 Å². The summed E-state index contributed by atoms with van der Waals surface area (Å²) in [5, 5.41) is 8.13. The molecule has 2 aromatic rings. The third kappa shape index (κ3) is 4.52. The number of benzene rings is 1. The Labute approximate surface area is 132 Å². The smallest absolute Gasteiger partial charge is 0.256 e. The maximum Gasteiger partial charge on any atom is 0.256 e. The van der Waals surface area contributed by atoms with Crippen molar-refractivity contribution in [3.8, 4) is 17.0 Å². The van der Waals surface area contributed by atoms with Gasteiger partial charge in [-0.3, -0.25) is 4.72 Å². The lowest BCUT2D eigenvalue weighted by atomic mass is 10.1. The average Bonchev–Trinajstić information content (AvgIpc) is 2.45. The van der Waals surface area contributed by atoms with Gasteiger partial charge in [0, 0.05) is 17.7 Å². The molecule has 0 bridgehead atoms. The van der Waals surface area contributed by atoms with E-state index in [0.29, 0.717) is 22.0 Å². The first-order valence-corrected chi connectivity index (χ1v) is 8.25. The Bertz CT molecular complexity index is 752. The molecule has 118 valence electrons. The van der Waals surface area contributed by atoms with Crippen LogP contribution in [0.25, 0.3) is 11.3 Å². The van der Waals surface area contributed by atoms with E-state index < -0.39 is 10.0 Å². The highest BCUT2D eigenvalue weighted by molar-refractivity contribution is 7.91. The molecule has 0 unspecified atom stereocenters. The van der Waals surface area contributed by atoms with Crippen LogP contribution in [0, 0.1) is 0 Å². The van der Waals surface area contributed by atoms with Gasteiger partial charge in [-0.1, -0.05) is 11.6 Å². The summed E-state index contributed by atoms with van der Waals surface area (Å²) in [6.45, 7) is 0.0436. The average molecular weight is 345 g/mol. The summed E-state index contributed by atoms with van der Waals surface area (Å²) in [6, 6.07) is 4.98. The molecule has 0 saturated carbocycles. The van der Waals surface area contributed by atoms with Crippen molar-refractivity contribution in [3.63, 3.8) is 0 Å². The van der Waals surface area contributed by atoms with Gasteiger partial charge in [0.25, 0.3) is 5.95 Å². The van der Waals surface area contributed by atoms with Crippen LogP contribution in [0.15, 0.2) is 24.4 Å². The van der Waals surface area contributed by atoms with Crippen molar-refractivity contribution < 1.29 is 17.9 Å². The molecular formula is C12H13ClN4O4S. The first-order valence-electron chi connectivity index (χ1n) is 5.98. The second kappa shape index (κ2) is 6.86. The SMILES string of the molecule is COCOc1cc(Cl)ccc1-c1cnc(NS(C)(=O)=O)nn1. The highest BCUT2D eigenvalue weighted by Crippen LogP contribution is 2.31. The Kier molecular flexibility index (Phi) is 5.11. The Morgan fingerprint density at radius 2 is 2.09 bits per heavy atom. The molecule has 8 nitrogen and oxygen atoms in total. The van der Waals surface area contributed by atoms with E-state index in [2.05, 4.69) is 19.9 Å². The fourth-order valence-electron chi connectivity index (χ4n) is 1.56. The molecule has 0 aliphatic carbocycles. The molecule has 0 atom stereocenters. The molecule has 22 heavy (non-hydrogen) atoms. The van der Waals surface area contributed by atoms with Crippen LogP contribution in [0.5, 0.6) is 5.75 Å². The van der Waals surface area contributed by atoms with Crippen LogP contribution in [0.2, 0.25) is 5.02 Å². The number of nitrogens with one attached hydrogen (secondary N) is 1. The summed E-state index contributed by atoms with van der Waals surface area (Å²) in [4.78, 5) is 3.90. The number of sulfonamides is 1. The van der Waals surface area contributed by atoms with Gasteiger partial charge in [-0.25, -0.2) is 13.4 Å². The first-order chi connectivity index (χ1) is 10.4. The number of ether oxygens (including phenoxy) is 2. The zero-order valence-corrected chi connectivity index (χ0v) is 13.3. The molecule has 0 spiro atoms. The largest absolute Gasteiger partial charge is 0.467 e. The maximum absolute atomic E-state index is 11.1. The molecule has 0 saturated heterocycles. The number of methoxy groups -OCH3 is 1. The van der Waals surface area contributed by atoms with Gasteiger partial charge < -0.3 is 9.47 Å². The lowest BCUT2D eigenvalue weighted by molar-refractivity contribution is 0.0515. The molecule has 0 radical (unpaired) electrons. The van der Waals surface area contributed by atoms with Crippen LogP contribution in [0.3, 0.4) is 0 Å². The van der Waals surface area contributed by atoms with Crippen LogP contribution < -0.4 is 9.46 Å². The fourth-order valence-corrected chi connectivity index (χ4v) is 2.15. The van der Waals surface area contributed by atoms with E-state index >= 15 is 0 Å². The van der Waals surface area contributed by atoms with E-state index in [4.69, 9.17) is 21.1 Å². The molecule has 1 heterocycles. The van der Waals surface area contributed by atoms with Crippen LogP contribution in [0.4, 0.5) is 5.95 Å². The predicted molar refractivity (Wildman–Crippen MR) is 81.2 cm³/mol. The maximum atomic E-state index is 11.1. The van der Waals surface area contributed by atoms with Crippen LogP contribution in [-0.2, 0) is 14.8 Å². The topological polar surface area (TPSA) is 103 Å². The van der Waals surface area contributed by atoms with Crippen molar-refractivity contribution in [2.75, 3.05) is 24.9 Å². The number of aromatic nitrogens is 3. The van der Waals surface area contributed by atoms with Gasteiger partial charge in [0.1, 0.15) is 11.4 Å². The number of rotatable bonds is 6. The Hall–Kier alpha value is -1.97. The molecule has 1 aromatic carbocycles. The highest BCUT2D eigenvalue weighted by atomic mass is 35.5. The second-order valence-electron chi connectivity index (χ2n) is 4.23. The molecule has 10 heteroatoms. The normalized spacial score (nSPS) is 11.2. The van der Waals surface area contributed by atoms with E-state index in [0.717, 1.165) is 6.26 Å². The number of halogens is 1. The van der Waals surface area contributed by atoms with Gasteiger partial charge in [-0.15, -0.1) is 10.2 Å². The third-order valence-electron chi connectivity index (χ3n) is 2.39. The van der Waals surface area contributed by atoms with Crippen molar-refractivity contribution in [2.24, 2.45) is 0 Å². The minimum Gasteiger partial charge on any atom is -0.467 e. The number of nitrogens with zero attached hydrogens (tertiary/aromatic N) is 3. The van der Waals surface area contributed by atoms with Crippen LogP contribution in [-0.4, -0.2) is 43.8 Å². The minimum atomic E-state index is -3.45. The molecular weight excluding hydrogens is 332 g/mol. The Morgan fingerprint density at radius 1 is 1.32 bits per heavy atom. The Balaban J connectivity index is 2.31. The second-order valence-corrected chi connectivity index (χ2v) is 6.42. The summed E-state index contributed by atoms with van der Waals surface area (Å²) in [7, 11) is -1.96. The first kappa shape index (κ1) is 16.4. The fraction of sp³-hybridized carbons (Fsp3) is 0.250. The molecule has 0 fully saturated rings. The van der Waals surface area contributed by atoms with Crippen molar-refractivity contribution in [3.05, 3.63) is 29.4 Å². The summed E-state index contributed by atoms with van der Waals surface area (Å²) in [6.07, 6.45) is 2.38. The van der Waals surface area contributed by atoms with Crippen LogP contribution in [0.1, 0.15) is 0 Å². The monoisotopic (exact) mass is 344 g/mol. The van der Waals surface area contributed by atoms with Gasteiger partial charge in [-0.2, -0.15) is 0 Å². The van der Waals surface area contributed by atoms with E-state index in [1.165, 1.54) is 13.3 Å². The third-order valence-corrected chi connectivity index (χ3v) is 3.18. The molecule has 0 aliphatic rings.